The second-order valence-corrected chi connectivity index (χ2v) is 25.6. The molecule has 2 aliphatic rings. The molecule has 75 heavy (non-hydrogen) atoms. The van der Waals surface area contributed by atoms with Gasteiger partial charge in [-0.25, -0.2) is 27.0 Å². The number of unbranched alkanes of at least 4 members (excludes halogenated alkanes) is 2. The number of rotatable bonds is 23. The summed E-state index contributed by atoms with van der Waals surface area (Å²) in [6.07, 6.45) is 1.84. The number of benzene rings is 3. The molecule has 1 aromatic heterocycles. The molecule has 0 radical (unpaired) electrons. The number of aliphatic hydroxyl groups excluding tert-OH is 1. The standard InChI is InChI=1S/C51H67F3N8O9S4/c1-32(34-15-17-35(18-16-34)45-33(2)57-31-73-45)58-48(66)42-26-38(63)29-62(42)49(67)46(50(3,4)5)60-44(64)14-10-7-11-23-56-47(65)36-21-24-61(28-36)25-22-37(30-72-39-12-8-6-9-13-39)59-41-20-19-40(75(55,70)71)27-43(41)74(68,69)51(52,53)54/h6,8-9,12-13,15-20,27,31-32,36-38,42,46,59,63H,7,10-11,14,21-26,28-30H2,1-5H3,(H,56,65)(H,58,66)(H,60,64)(H2,55,70,71)/t32?,36-,37?,38+,42-,46?/m0/s1. The number of sulfone groups is 1. The van der Waals surface area contributed by atoms with Crippen molar-refractivity contribution >= 4 is 72.3 Å². The van der Waals surface area contributed by atoms with E-state index in [1.54, 1.807) is 16.8 Å². The lowest BCUT2D eigenvalue weighted by Gasteiger charge is -2.35. The van der Waals surface area contributed by atoms with Crippen molar-refractivity contribution in [2.75, 3.05) is 43.8 Å². The van der Waals surface area contributed by atoms with E-state index in [9.17, 15) is 54.3 Å². The molecule has 4 aromatic rings. The molecule has 17 nitrogen and oxygen atoms in total. The average Bonchev–Trinajstić information content (AvgIpc) is 4.12. The number of likely N-dealkylation sites (tertiary alicyclic amines) is 2. The first-order valence-corrected chi connectivity index (χ1v) is 29.6. The molecular formula is C51H67F3N8O9S4. The first-order chi connectivity index (χ1) is 35.2. The quantitative estimate of drug-likeness (QED) is 0.0349. The molecule has 410 valence electrons. The third kappa shape index (κ3) is 16.0. The van der Waals surface area contributed by atoms with Gasteiger partial charge in [0.15, 0.2) is 0 Å². The average molecular weight is 1120 g/mol. The summed E-state index contributed by atoms with van der Waals surface area (Å²) in [5.74, 6) is -1.36. The van der Waals surface area contributed by atoms with Crippen LogP contribution in [-0.4, -0.2) is 129 Å². The van der Waals surface area contributed by atoms with Crippen LogP contribution in [0.3, 0.4) is 0 Å². The van der Waals surface area contributed by atoms with Gasteiger partial charge in [-0.2, -0.15) is 13.2 Å². The summed E-state index contributed by atoms with van der Waals surface area (Å²) in [5, 5.41) is 27.6. The second kappa shape index (κ2) is 25.4. The summed E-state index contributed by atoms with van der Waals surface area (Å²) >= 11 is 2.95. The summed E-state index contributed by atoms with van der Waals surface area (Å²) in [4.78, 5) is 62.0. The van der Waals surface area contributed by atoms with Crippen molar-refractivity contribution in [2.24, 2.45) is 16.5 Å². The van der Waals surface area contributed by atoms with E-state index in [2.05, 4.69) is 26.3 Å². The number of amides is 4. The zero-order chi connectivity index (χ0) is 54.9. The van der Waals surface area contributed by atoms with Crippen LogP contribution in [0, 0.1) is 18.3 Å². The van der Waals surface area contributed by atoms with Crippen LogP contribution in [0.1, 0.15) is 89.9 Å². The zero-order valence-electron chi connectivity index (χ0n) is 42.6. The number of nitrogens with zero attached hydrogens (tertiary/aromatic N) is 3. The number of alkyl halides is 3. The number of sulfonamides is 1. The van der Waals surface area contributed by atoms with E-state index >= 15 is 0 Å². The molecule has 6 atom stereocenters. The Morgan fingerprint density at radius 1 is 0.933 bits per heavy atom. The molecule has 0 saturated carbocycles. The van der Waals surface area contributed by atoms with Gasteiger partial charge in [0.05, 0.1) is 44.7 Å². The number of aliphatic hydroxyl groups is 1. The number of nitrogens with two attached hydrogens (primary N) is 1. The number of halogens is 3. The first-order valence-electron chi connectivity index (χ1n) is 24.7. The van der Waals surface area contributed by atoms with Crippen molar-refractivity contribution in [1.29, 1.82) is 0 Å². The van der Waals surface area contributed by atoms with Crippen LogP contribution in [0.25, 0.3) is 10.4 Å². The van der Waals surface area contributed by atoms with Gasteiger partial charge in [0, 0.05) is 55.7 Å². The Hall–Kier alpha value is -5.11. The molecule has 0 spiro atoms. The predicted octanol–water partition coefficient (Wildman–Crippen LogP) is 6.39. The van der Waals surface area contributed by atoms with Crippen LogP contribution < -0.4 is 26.4 Å². The van der Waals surface area contributed by atoms with E-state index in [4.69, 9.17) is 5.14 Å². The Labute approximate surface area is 445 Å². The van der Waals surface area contributed by atoms with Crippen LogP contribution in [0.15, 0.2) is 93.0 Å². The minimum Gasteiger partial charge on any atom is -0.391 e. The second-order valence-electron chi connectivity index (χ2n) is 20.2. The number of β-amino-alcohol motifs (C(OH)–C–C–N with tert-alkyl or cyclic N) is 1. The van der Waals surface area contributed by atoms with E-state index in [1.807, 2.05) is 94.1 Å². The van der Waals surface area contributed by atoms with E-state index in [0.29, 0.717) is 70.1 Å². The molecule has 2 saturated heterocycles. The fraction of sp³-hybridized carbons (Fsp3) is 0.510. The number of aromatic nitrogens is 1. The van der Waals surface area contributed by atoms with Crippen molar-refractivity contribution < 1.29 is 54.3 Å². The molecule has 3 aromatic carbocycles. The van der Waals surface area contributed by atoms with Crippen molar-refractivity contribution in [1.82, 2.24) is 30.7 Å². The highest BCUT2D eigenvalue weighted by atomic mass is 32.2. The summed E-state index contributed by atoms with van der Waals surface area (Å²) in [5.41, 5.74) is -2.25. The van der Waals surface area contributed by atoms with E-state index in [-0.39, 0.29) is 43.2 Å². The van der Waals surface area contributed by atoms with Crippen LogP contribution in [-0.2, 0) is 39.0 Å². The topological polar surface area (TPSA) is 250 Å². The van der Waals surface area contributed by atoms with Crippen molar-refractivity contribution in [3.63, 3.8) is 0 Å². The maximum atomic E-state index is 14.1. The normalized spacial score (nSPS) is 18.8. The van der Waals surface area contributed by atoms with Gasteiger partial charge < -0.3 is 36.2 Å². The monoisotopic (exact) mass is 1120 g/mol. The number of aryl methyl sites for hydroxylation is 1. The number of hydrogen-bond donors (Lipinski definition) is 6. The highest BCUT2D eigenvalue weighted by Crippen LogP contribution is 2.37. The number of carbonyl (C=O) groups excluding carboxylic acids is 4. The number of carbonyl (C=O) groups is 4. The lowest BCUT2D eigenvalue weighted by atomic mass is 9.85. The maximum absolute atomic E-state index is 14.1. The van der Waals surface area contributed by atoms with E-state index in [0.717, 1.165) is 38.7 Å². The van der Waals surface area contributed by atoms with E-state index < -0.39 is 82.3 Å². The van der Waals surface area contributed by atoms with Crippen molar-refractivity contribution in [3.05, 3.63) is 89.6 Å². The van der Waals surface area contributed by atoms with Gasteiger partial charge in [-0.3, -0.25) is 19.2 Å². The maximum Gasteiger partial charge on any atom is 0.501 e. The Bertz CT molecular complexity index is 2850. The largest absolute Gasteiger partial charge is 0.501 e. The predicted molar refractivity (Wildman–Crippen MR) is 283 cm³/mol. The fourth-order valence-corrected chi connectivity index (χ4v) is 12.4. The molecule has 4 amide bonds. The van der Waals surface area contributed by atoms with Gasteiger partial charge in [-0.1, -0.05) is 69.7 Å². The number of primary sulfonamides is 1. The Morgan fingerprint density at radius 3 is 2.28 bits per heavy atom. The number of thiazole rings is 1. The summed E-state index contributed by atoms with van der Waals surface area (Å²) < 4.78 is 90.8. The number of nitrogens with one attached hydrogen (secondary N) is 4. The number of anilines is 1. The highest BCUT2D eigenvalue weighted by Gasteiger charge is 2.49. The summed E-state index contributed by atoms with van der Waals surface area (Å²) in [7, 11) is -10.5. The molecule has 2 aliphatic heterocycles. The van der Waals surface area contributed by atoms with Gasteiger partial charge in [0.2, 0.25) is 33.7 Å². The molecule has 0 aliphatic carbocycles. The van der Waals surface area contributed by atoms with Crippen LogP contribution in [0.2, 0.25) is 0 Å². The molecule has 0 bridgehead atoms. The molecule has 3 unspecified atom stereocenters. The first kappa shape index (κ1) is 59.1. The van der Waals surface area contributed by atoms with Gasteiger partial charge in [-0.05, 0) is 92.9 Å². The van der Waals surface area contributed by atoms with Gasteiger partial charge in [-0.15, -0.1) is 23.1 Å². The van der Waals surface area contributed by atoms with E-state index in [1.165, 1.54) is 16.7 Å². The van der Waals surface area contributed by atoms with Gasteiger partial charge in [0.25, 0.3) is 9.84 Å². The minimum atomic E-state index is -5.99. The van der Waals surface area contributed by atoms with Crippen molar-refractivity contribution in [3.8, 4) is 10.4 Å². The van der Waals surface area contributed by atoms with Crippen molar-refractivity contribution in [2.45, 2.75) is 130 Å². The Morgan fingerprint density at radius 2 is 1.64 bits per heavy atom. The molecule has 7 N–H and O–H groups in total. The van der Waals surface area contributed by atoms with Gasteiger partial charge in [0.1, 0.15) is 17.0 Å². The number of hydrogen-bond acceptors (Lipinski definition) is 14. The summed E-state index contributed by atoms with van der Waals surface area (Å²) in [6.45, 7) is 11.0. The molecule has 3 heterocycles. The van der Waals surface area contributed by atoms with Crippen LogP contribution >= 0.6 is 23.1 Å². The minimum absolute atomic E-state index is 0.0503. The Kier molecular flexibility index (Phi) is 20.0. The third-order valence-electron chi connectivity index (χ3n) is 13.3. The molecule has 24 heteroatoms. The van der Waals surface area contributed by atoms with Crippen LogP contribution in [0.5, 0.6) is 0 Å². The zero-order valence-corrected chi connectivity index (χ0v) is 45.8. The lowest BCUT2D eigenvalue weighted by molar-refractivity contribution is -0.144. The molecular weight excluding hydrogens is 1050 g/mol. The molecule has 2 fully saturated rings. The third-order valence-corrected chi connectivity index (χ3v) is 17.9. The highest BCUT2D eigenvalue weighted by molar-refractivity contribution is 7.99. The summed E-state index contributed by atoms with van der Waals surface area (Å²) in [6, 6.07) is 16.5. The number of thioether (sulfide) groups is 1. The van der Waals surface area contributed by atoms with Gasteiger partial charge >= 0.3 is 5.51 Å². The SMILES string of the molecule is Cc1ncsc1-c1ccc(C(C)NC(=O)[C@@H]2C[C@@H](O)CN2C(=O)C(NC(=O)CCCCCNC(=O)[C@H]2CCN(CCC(CSc3ccccc3)Nc3ccc(S(N)(=O)=O)cc3S(=O)(=O)C(F)(F)F)C2)C(C)(C)C)cc1. The Balaban J connectivity index is 0.949. The fourth-order valence-electron chi connectivity index (χ4n) is 9.06. The lowest BCUT2D eigenvalue weighted by Crippen LogP contribution is -2.57. The smallest absolute Gasteiger partial charge is 0.391 e. The van der Waals surface area contributed by atoms with Crippen LogP contribution in [0.4, 0.5) is 18.9 Å². The molecule has 6 rings (SSSR count).